The predicted octanol–water partition coefficient (Wildman–Crippen LogP) is 2.73. The van der Waals surface area contributed by atoms with Crippen LogP contribution in [-0.2, 0) is 24.2 Å². The van der Waals surface area contributed by atoms with E-state index in [0.29, 0.717) is 25.1 Å². The van der Waals surface area contributed by atoms with Gasteiger partial charge in [0.1, 0.15) is 17.4 Å². The van der Waals surface area contributed by atoms with Crippen LogP contribution < -0.4 is 10.1 Å². The van der Waals surface area contributed by atoms with Crippen molar-refractivity contribution < 1.29 is 14.3 Å². The molecule has 2 heterocycles. The second-order valence-electron chi connectivity index (χ2n) is 6.98. The Labute approximate surface area is 165 Å². The molecule has 28 heavy (non-hydrogen) atoms. The molecule has 0 saturated carbocycles. The lowest BCUT2D eigenvalue weighted by Crippen LogP contribution is -2.27. The molecule has 1 aliphatic rings. The minimum atomic E-state index is -0.116. The van der Waals surface area contributed by atoms with E-state index in [9.17, 15) is 9.59 Å². The van der Waals surface area contributed by atoms with Gasteiger partial charge in [-0.25, -0.2) is 0 Å². The third-order valence-electron chi connectivity index (χ3n) is 4.92. The highest BCUT2D eigenvalue weighted by molar-refractivity contribution is 5.98. The highest BCUT2D eigenvalue weighted by Crippen LogP contribution is 2.15. The van der Waals surface area contributed by atoms with Crippen LogP contribution in [-0.4, -0.2) is 39.6 Å². The summed E-state index contributed by atoms with van der Waals surface area (Å²) < 4.78 is 7.56. The van der Waals surface area contributed by atoms with E-state index in [4.69, 9.17) is 4.74 Å². The topological polar surface area (TPSA) is 86.1 Å². The zero-order chi connectivity index (χ0) is 19.8. The van der Waals surface area contributed by atoms with Crippen LogP contribution in [0.15, 0.2) is 24.3 Å². The molecule has 1 N–H and O–H groups in total. The first-order valence-electron chi connectivity index (χ1n) is 10.1. The van der Waals surface area contributed by atoms with Crippen LogP contribution in [0.3, 0.4) is 0 Å². The second-order valence-corrected chi connectivity index (χ2v) is 6.98. The number of amides is 1. The van der Waals surface area contributed by atoms with Gasteiger partial charge in [0.15, 0.2) is 5.78 Å². The molecule has 7 nitrogen and oxygen atoms in total. The van der Waals surface area contributed by atoms with E-state index in [-0.39, 0.29) is 24.5 Å². The molecule has 3 rings (SSSR count). The number of Topliss-reactive ketones (excluding diaryl/α,β-unsaturated/α-hetero) is 1. The predicted molar refractivity (Wildman–Crippen MR) is 105 cm³/mol. The molecule has 0 radical (unpaired) electrons. The third kappa shape index (κ3) is 5.41. The monoisotopic (exact) mass is 384 g/mol. The molecule has 0 spiro atoms. The smallest absolute Gasteiger partial charge is 0.220 e. The van der Waals surface area contributed by atoms with E-state index in [1.54, 1.807) is 24.3 Å². The fraction of sp³-hybridized carbons (Fsp3) is 0.524. The number of ether oxygens (including phenoxy) is 1. The third-order valence-corrected chi connectivity index (χ3v) is 4.92. The van der Waals surface area contributed by atoms with E-state index < -0.39 is 0 Å². The molecule has 0 fully saturated rings. The van der Waals surface area contributed by atoms with Gasteiger partial charge in [0.25, 0.3) is 0 Å². The van der Waals surface area contributed by atoms with Crippen molar-refractivity contribution in [3.63, 3.8) is 0 Å². The van der Waals surface area contributed by atoms with Crippen molar-refractivity contribution in [1.82, 2.24) is 20.1 Å². The lowest BCUT2D eigenvalue weighted by Gasteiger charge is -2.08. The molecule has 0 unspecified atom stereocenters. The molecule has 1 aromatic heterocycles. The molecular weight excluding hydrogens is 356 g/mol. The maximum absolute atomic E-state index is 12.2. The van der Waals surface area contributed by atoms with Crippen LogP contribution in [0.5, 0.6) is 5.75 Å². The molecule has 1 amide bonds. The van der Waals surface area contributed by atoms with Crippen molar-refractivity contribution in [3.05, 3.63) is 41.5 Å². The van der Waals surface area contributed by atoms with Crippen LogP contribution in [0.4, 0.5) is 0 Å². The Morgan fingerprint density at radius 1 is 1.11 bits per heavy atom. The summed E-state index contributed by atoms with van der Waals surface area (Å²) in [6.45, 7) is 3.97. The molecule has 1 aliphatic heterocycles. The van der Waals surface area contributed by atoms with Crippen LogP contribution in [0, 0.1) is 0 Å². The number of aryl methyl sites for hydroxylation is 1. The molecule has 0 saturated heterocycles. The summed E-state index contributed by atoms with van der Waals surface area (Å²) in [6, 6.07) is 7.03. The van der Waals surface area contributed by atoms with E-state index in [1.807, 2.05) is 6.92 Å². The molecule has 0 aliphatic carbocycles. The van der Waals surface area contributed by atoms with E-state index in [1.165, 1.54) is 6.42 Å². The van der Waals surface area contributed by atoms with Gasteiger partial charge >= 0.3 is 0 Å². The van der Waals surface area contributed by atoms with Crippen molar-refractivity contribution in [1.29, 1.82) is 0 Å². The van der Waals surface area contributed by atoms with Crippen molar-refractivity contribution in [3.8, 4) is 5.75 Å². The first-order chi connectivity index (χ1) is 13.7. The number of fused-ring (bicyclic) bond motifs is 1. The summed E-state index contributed by atoms with van der Waals surface area (Å²) in [5.41, 5.74) is 0.599. The Kier molecular flexibility index (Phi) is 7.17. The molecule has 1 aromatic carbocycles. The standard InChI is InChI=1S/C21H28N4O3/c1-2-28-17-9-7-16(8-10-17)18(26)11-12-21(27)22-14-13-20-24-23-19-6-4-3-5-15-25(19)20/h7-10H,2-6,11-15H2,1H3,(H,22,27). The number of carbonyl (C=O) groups excluding carboxylic acids is 2. The Morgan fingerprint density at radius 2 is 1.93 bits per heavy atom. The highest BCUT2D eigenvalue weighted by atomic mass is 16.5. The number of nitrogens with one attached hydrogen (secondary N) is 1. The molecule has 2 aromatic rings. The van der Waals surface area contributed by atoms with Crippen LogP contribution in [0.2, 0.25) is 0 Å². The zero-order valence-corrected chi connectivity index (χ0v) is 16.4. The van der Waals surface area contributed by atoms with E-state index in [0.717, 1.165) is 43.2 Å². The Hall–Kier alpha value is -2.70. The Balaban J connectivity index is 1.40. The fourth-order valence-electron chi connectivity index (χ4n) is 3.41. The average Bonchev–Trinajstić information content (AvgIpc) is 2.93. The minimum Gasteiger partial charge on any atom is -0.494 e. The van der Waals surface area contributed by atoms with Gasteiger partial charge < -0.3 is 14.6 Å². The van der Waals surface area contributed by atoms with E-state index >= 15 is 0 Å². The van der Waals surface area contributed by atoms with Crippen LogP contribution >= 0.6 is 0 Å². The fourth-order valence-corrected chi connectivity index (χ4v) is 3.41. The normalized spacial score (nSPS) is 13.5. The summed E-state index contributed by atoms with van der Waals surface area (Å²) in [6.07, 6.45) is 5.56. The molecule has 150 valence electrons. The van der Waals surface area contributed by atoms with Gasteiger partial charge in [0.05, 0.1) is 6.61 Å². The molecule has 7 heteroatoms. The van der Waals surface area contributed by atoms with E-state index in [2.05, 4.69) is 20.1 Å². The summed E-state index contributed by atoms with van der Waals surface area (Å²) in [4.78, 5) is 24.3. The first kappa shape index (κ1) is 20.0. The summed E-state index contributed by atoms with van der Waals surface area (Å²) in [7, 11) is 0. The highest BCUT2D eigenvalue weighted by Gasteiger charge is 2.15. The van der Waals surface area contributed by atoms with Gasteiger partial charge in [0, 0.05) is 44.3 Å². The summed E-state index contributed by atoms with van der Waals surface area (Å²) in [5, 5.41) is 11.4. The second kappa shape index (κ2) is 10.0. The Morgan fingerprint density at radius 3 is 2.71 bits per heavy atom. The number of hydrogen-bond acceptors (Lipinski definition) is 5. The lowest BCUT2D eigenvalue weighted by atomic mass is 10.1. The number of carbonyl (C=O) groups is 2. The number of benzene rings is 1. The van der Waals surface area contributed by atoms with Gasteiger partial charge in [-0.3, -0.25) is 9.59 Å². The van der Waals surface area contributed by atoms with Crippen molar-refractivity contribution >= 4 is 11.7 Å². The van der Waals surface area contributed by atoms with Gasteiger partial charge in [0.2, 0.25) is 5.91 Å². The first-order valence-corrected chi connectivity index (χ1v) is 10.1. The zero-order valence-electron chi connectivity index (χ0n) is 16.4. The number of rotatable bonds is 9. The largest absolute Gasteiger partial charge is 0.494 e. The number of nitrogens with zero attached hydrogens (tertiary/aromatic N) is 3. The van der Waals surface area contributed by atoms with Crippen LogP contribution in [0.1, 0.15) is 61.0 Å². The maximum atomic E-state index is 12.2. The average molecular weight is 384 g/mol. The number of aromatic nitrogens is 3. The quantitative estimate of drug-likeness (QED) is 0.672. The summed E-state index contributed by atoms with van der Waals surface area (Å²) in [5.74, 6) is 2.57. The van der Waals surface area contributed by atoms with Crippen LogP contribution in [0.25, 0.3) is 0 Å². The minimum absolute atomic E-state index is 0.0408. The van der Waals surface area contributed by atoms with Gasteiger partial charge in [-0.1, -0.05) is 6.42 Å². The van der Waals surface area contributed by atoms with Gasteiger partial charge in [-0.05, 0) is 44.0 Å². The van der Waals surface area contributed by atoms with Gasteiger partial charge in [-0.2, -0.15) is 0 Å². The summed E-state index contributed by atoms with van der Waals surface area (Å²) >= 11 is 0. The maximum Gasteiger partial charge on any atom is 0.220 e. The van der Waals surface area contributed by atoms with Gasteiger partial charge in [-0.15, -0.1) is 10.2 Å². The van der Waals surface area contributed by atoms with Crippen molar-refractivity contribution in [2.45, 2.75) is 58.4 Å². The Bertz CT molecular complexity index is 798. The molecule has 0 atom stereocenters. The lowest BCUT2D eigenvalue weighted by molar-refractivity contribution is -0.121. The SMILES string of the molecule is CCOc1ccc(C(=O)CCC(=O)NCCc2nnc3n2CCCCC3)cc1. The number of ketones is 1. The molecule has 0 bridgehead atoms. The van der Waals surface area contributed by atoms with Crippen molar-refractivity contribution in [2.24, 2.45) is 0 Å². The van der Waals surface area contributed by atoms with Crippen molar-refractivity contribution in [2.75, 3.05) is 13.2 Å². The molecular formula is C21H28N4O3. The number of hydrogen-bond donors (Lipinski definition) is 1.